The minimum atomic E-state index is -0.564. The number of benzene rings is 3. The highest BCUT2D eigenvalue weighted by Crippen LogP contribution is 2.52. The van der Waals surface area contributed by atoms with Crippen molar-refractivity contribution < 1.29 is 0 Å². The maximum atomic E-state index is 2.51. The van der Waals surface area contributed by atoms with Crippen LogP contribution in [-0.2, 0) is 0 Å². The highest BCUT2D eigenvalue weighted by molar-refractivity contribution is 8.17. The molecule has 3 aromatic carbocycles. The zero-order valence-electron chi connectivity index (χ0n) is 27.0. The molecule has 0 nitrogen and oxygen atoms in total. The Kier molecular flexibility index (Phi) is 11.8. The third-order valence-electron chi connectivity index (χ3n) is 11.2. The van der Waals surface area contributed by atoms with Crippen LogP contribution in [0.5, 0.6) is 0 Å². The molecule has 0 aromatic heterocycles. The molecule has 3 saturated carbocycles. The van der Waals surface area contributed by atoms with E-state index in [-0.39, 0.29) is 0 Å². The van der Waals surface area contributed by atoms with E-state index < -0.39 is 10.9 Å². The fourth-order valence-electron chi connectivity index (χ4n) is 8.50. The lowest BCUT2D eigenvalue weighted by Gasteiger charge is -2.27. The molecule has 0 aliphatic heterocycles. The molecule has 6 rings (SSSR count). The first kappa shape index (κ1) is 31.0. The molecule has 0 radical (unpaired) electrons. The highest BCUT2D eigenvalue weighted by Gasteiger charge is 2.20. The minimum Gasteiger partial charge on any atom is -0.173 e. The van der Waals surface area contributed by atoms with Crippen molar-refractivity contribution in [2.24, 2.45) is 0 Å². The van der Waals surface area contributed by atoms with Gasteiger partial charge in [-0.25, -0.2) is 0 Å². The summed E-state index contributed by atoms with van der Waals surface area (Å²) >= 11 is 0. The van der Waals surface area contributed by atoms with Gasteiger partial charge in [0.1, 0.15) is 0 Å². The summed E-state index contributed by atoms with van der Waals surface area (Å²) in [6.07, 6.45) is 29.5. The summed E-state index contributed by atoms with van der Waals surface area (Å²) in [6, 6.07) is 30.0. The van der Waals surface area contributed by atoms with E-state index in [1.807, 2.05) is 0 Å². The van der Waals surface area contributed by atoms with Gasteiger partial charge in [-0.15, -0.1) is 0 Å². The largest absolute Gasteiger partial charge is 0.173 e. The summed E-state index contributed by atoms with van der Waals surface area (Å²) in [5, 5.41) is 0. The van der Waals surface area contributed by atoms with Crippen molar-refractivity contribution in [2.45, 2.75) is 167 Å². The van der Waals surface area contributed by atoms with Gasteiger partial charge in [-0.2, -0.15) is 10.9 Å². The van der Waals surface area contributed by atoms with Gasteiger partial charge < -0.3 is 0 Å². The normalized spacial score (nSPS) is 21.1. The van der Waals surface area contributed by atoms with Crippen LogP contribution in [0.4, 0.5) is 0 Å². The Morgan fingerprint density at radius 2 is 0.488 bits per heavy atom. The van der Waals surface area contributed by atoms with Crippen LogP contribution < -0.4 is 0 Å². The van der Waals surface area contributed by atoms with Crippen molar-refractivity contribution in [3.8, 4) is 0 Å². The quantitative estimate of drug-likeness (QED) is 0.270. The van der Waals surface area contributed by atoms with Gasteiger partial charge in [-0.1, -0.05) is 133 Å². The third-order valence-corrected chi connectivity index (χ3v) is 13.6. The lowest BCUT2D eigenvalue weighted by Crippen LogP contribution is -2.03. The summed E-state index contributed by atoms with van der Waals surface area (Å²) < 4.78 is 0. The van der Waals surface area contributed by atoms with Crippen molar-refractivity contribution in [3.05, 3.63) is 89.5 Å². The Balaban J connectivity index is 1.27. The van der Waals surface area contributed by atoms with E-state index in [9.17, 15) is 0 Å². The second-order valence-corrected chi connectivity index (χ2v) is 16.5. The van der Waals surface area contributed by atoms with Gasteiger partial charge in [0, 0.05) is 0 Å². The van der Waals surface area contributed by atoms with Gasteiger partial charge in [0.2, 0.25) is 0 Å². The average Bonchev–Trinajstić information content (AvgIpc) is 2.99. The predicted octanol–water partition coefficient (Wildman–Crippen LogP) is 13.6. The maximum Gasteiger partial charge on any atom is -0.00450 e. The topological polar surface area (TPSA) is 0 Å². The summed E-state index contributed by atoms with van der Waals surface area (Å²) in [5.41, 5.74) is 4.75. The summed E-state index contributed by atoms with van der Waals surface area (Å²) in [5.74, 6) is 2.27. The molecule has 0 atom stereocenters. The lowest BCUT2D eigenvalue weighted by atomic mass is 9.86. The molecule has 0 unspecified atom stereocenters. The first-order valence-electron chi connectivity index (χ1n) is 18.5. The van der Waals surface area contributed by atoms with Crippen molar-refractivity contribution in [2.75, 3.05) is 0 Å². The van der Waals surface area contributed by atoms with E-state index in [1.165, 1.54) is 150 Å². The second-order valence-electron chi connectivity index (χ2n) is 14.2. The monoisotopic (exact) mass is 594 g/mol. The van der Waals surface area contributed by atoms with Crippen molar-refractivity contribution in [1.29, 1.82) is 0 Å². The highest BCUT2D eigenvalue weighted by atomic mass is 32.2. The molecule has 3 aliphatic carbocycles. The Bertz CT molecular complexity index is 1030. The SMILES string of the molecule is c1cc([SH](c2ccc(C3CCCCCCC3)cc2)c2ccc(C3CCCCCCC3)cc2)ccc1C1CCCCCCC1. The van der Waals surface area contributed by atoms with Crippen LogP contribution in [0.1, 0.15) is 169 Å². The number of hydrogen-bond donors (Lipinski definition) is 1. The van der Waals surface area contributed by atoms with Crippen molar-refractivity contribution in [1.82, 2.24) is 0 Å². The molecule has 3 aromatic rings. The van der Waals surface area contributed by atoms with Gasteiger partial charge >= 0.3 is 0 Å². The summed E-state index contributed by atoms with van der Waals surface area (Å²) in [7, 11) is -0.564. The van der Waals surface area contributed by atoms with Gasteiger partial charge in [0.25, 0.3) is 0 Å². The van der Waals surface area contributed by atoms with Crippen LogP contribution in [0.15, 0.2) is 87.5 Å². The first-order chi connectivity index (χ1) is 21.3. The van der Waals surface area contributed by atoms with Crippen LogP contribution >= 0.6 is 10.9 Å². The number of thiol groups is 1. The van der Waals surface area contributed by atoms with Crippen molar-refractivity contribution in [3.63, 3.8) is 0 Å². The smallest absolute Gasteiger partial charge is 0.00450 e. The standard InChI is InChI=1S/C42H58S/c1-4-10-16-34(17-11-5-1)37-22-28-40(29-23-37)43(41-30-24-38(25-31-41)35-18-12-6-2-7-13-19-35)42-32-26-39(27-33-42)36-20-14-8-3-9-15-21-36/h22-36,43H,1-21H2. The van der Waals surface area contributed by atoms with Gasteiger partial charge in [0.15, 0.2) is 0 Å². The molecule has 1 heteroatoms. The second kappa shape index (κ2) is 16.4. The van der Waals surface area contributed by atoms with Crippen molar-refractivity contribution >= 4 is 10.9 Å². The number of rotatable bonds is 6. The molecule has 0 amide bonds. The van der Waals surface area contributed by atoms with Crippen LogP contribution in [0, 0.1) is 0 Å². The Hall–Kier alpha value is -1.99. The molecule has 0 N–H and O–H groups in total. The van der Waals surface area contributed by atoms with Gasteiger partial charge in [-0.3, -0.25) is 0 Å². The molecular formula is C42H58S. The summed E-state index contributed by atoms with van der Waals surface area (Å²) in [4.78, 5) is 4.55. The molecule has 232 valence electrons. The van der Waals surface area contributed by atoms with Crippen LogP contribution in [0.25, 0.3) is 0 Å². The first-order valence-corrected chi connectivity index (χ1v) is 19.8. The van der Waals surface area contributed by atoms with Crippen LogP contribution in [0.3, 0.4) is 0 Å². The molecular weight excluding hydrogens is 537 g/mol. The molecule has 43 heavy (non-hydrogen) atoms. The molecule has 0 saturated heterocycles. The lowest BCUT2D eigenvalue weighted by molar-refractivity contribution is 0.455. The third kappa shape index (κ3) is 8.59. The number of hydrogen-bond acceptors (Lipinski definition) is 0. The van der Waals surface area contributed by atoms with E-state index in [1.54, 1.807) is 16.7 Å². The van der Waals surface area contributed by atoms with E-state index in [0.717, 1.165) is 17.8 Å². The predicted molar refractivity (Wildman–Crippen MR) is 188 cm³/mol. The van der Waals surface area contributed by atoms with Crippen LogP contribution in [-0.4, -0.2) is 0 Å². The Morgan fingerprint density at radius 1 is 0.279 bits per heavy atom. The fraction of sp³-hybridized carbons (Fsp3) is 0.571. The maximum absolute atomic E-state index is 2.51. The molecule has 0 spiro atoms. The average molecular weight is 595 g/mol. The molecule has 0 heterocycles. The van der Waals surface area contributed by atoms with E-state index in [0.29, 0.717) is 0 Å². The van der Waals surface area contributed by atoms with E-state index in [2.05, 4.69) is 72.8 Å². The Morgan fingerprint density at radius 3 is 0.721 bits per heavy atom. The molecule has 3 aliphatic rings. The fourth-order valence-corrected chi connectivity index (χ4v) is 10.7. The van der Waals surface area contributed by atoms with E-state index in [4.69, 9.17) is 0 Å². The zero-order valence-corrected chi connectivity index (χ0v) is 27.9. The molecule has 3 fully saturated rings. The molecule has 0 bridgehead atoms. The van der Waals surface area contributed by atoms with Gasteiger partial charge in [0.05, 0.1) is 0 Å². The summed E-state index contributed by atoms with van der Waals surface area (Å²) in [6.45, 7) is 0. The zero-order chi connectivity index (χ0) is 29.1. The van der Waals surface area contributed by atoms with E-state index >= 15 is 0 Å². The Labute approximate surface area is 266 Å². The minimum absolute atomic E-state index is 0.564. The van der Waals surface area contributed by atoms with Crippen LogP contribution in [0.2, 0.25) is 0 Å². The van der Waals surface area contributed by atoms with Gasteiger partial charge in [-0.05, 0) is 124 Å².